The average Bonchev–Trinajstić information content (AvgIpc) is 2.61. The van der Waals surface area contributed by atoms with E-state index in [1.165, 1.54) is 0 Å². The quantitative estimate of drug-likeness (QED) is 0.911. The third-order valence-corrected chi connectivity index (χ3v) is 3.34. The van der Waals surface area contributed by atoms with Crippen molar-refractivity contribution in [3.8, 4) is 5.75 Å². The van der Waals surface area contributed by atoms with Crippen molar-refractivity contribution in [3.05, 3.63) is 28.3 Å². The van der Waals surface area contributed by atoms with E-state index in [0.717, 1.165) is 23.3 Å². The van der Waals surface area contributed by atoms with E-state index in [1.807, 2.05) is 26.0 Å². The number of rotatable bonds is 4. The first-order valence-corrected chi connectivity index (χ1v) is 6.41. The van der Waals surface area contributed by atoms with Crippen LogP contribution in [0.2, 0.25) is 5.02 Å². The van der Waals surface area contributed by atoms with E-state index in [2.05, 4.69) is 0 Å². The number of fused-ring (bicyclic) bond motifs is 1. The monoisotopic (exact) mass is 268 g/mol. The lowest BCUT2D eigenvalue weighted by atomic mass is 9.82. The third-order valence-electron chi connectivity index (χ3n) is 3.12. The molecule has 1 aliphatic heterocycles. The lowest BCUT2D eigenvalue weighted by Gasteiger charge is -2.23. The Kier molecular flexibility index (Phi) is 3.53. The molecule has 0 spiro atoms. The molecule has 1 N–H and O–H groups in total. The maximum Gasteiger partial charge on any atom is 0.303 e. The second kappa shape index (κ2) is 4.81. The van der Waals surface area contributed by atoms with Crippen LogP contribution in [-0.2, 0) is 17.6 Å². The van der Waals surface area contributed by atoms with Crippen LogP contribution in [0.4, 0.5) is 0 Å². The predicted octanol–water partition coefficient (Wildman–Crippen LogP) is 3.32. The standard InChI is InChI=1S/C14H17ClO3/c1-14(2,8-12(16)17)7-10-6-11(15)5-9-3-4-18-13(9)10/h5-6H,3-4,7-8H2,1-2H3,(H,16,17). The fourth-order valence-electron chi connectivity index (χ4n) is 2.46. The Morgan fingerprint density at radius 3 is 2.89 bits per heavy atom. The van der Waals surface area contributed by atoms with Crippen molar-refractivity contribution in [3.63, 3.8) is 0 Å². The van der Waals surface area contributed by atoms with Gasteiger partial charge in [-0.3, -0.25) is 4.79 Å². The molecule has 0 fully saturated rings. The minimum atomic E-state index is -0.778. The molecule has 0 saturated carbocycles. The first kappa shape index (κ1) is 13.2. The Hall–Kier alpha value is -1.22. The summed E-state index contributed by atoms with van der Waals surface area (Å²) < 4.78 is 5.63. The van der Waals surface area contributed by atoms with Crippen LogP contribution in [0.3, 0.4) is 0 Å². The second-order valence-corrected chi connectivity index (χ2v) is 6.00. The van der Waals surface area contributed by atoms with Gasteiger partial charge in [0, 0.05) is 11.4 Å². The number of aliphatic carboxylic acids is 1. The summed E-state index contributed by atoms with van der Waals surface area (Å²) in [6.45, 7) is 4.58. The zero-order valence-corrected chi connectivity index (χ0v) is 11.4. The van der Waals surface area contributed by atoms with Crippen molar-refractivity contribution in [2.75, 3.05) is 6.61 Å². The molecule has 0 atom stereocenters. The van der Waals surface area contributed by atoms with Crippen molar-refractivity contribution in [1.29, 1.82) is 0 Å². The molecule has 98 valence electrons. The average molecular weight is 269 g/mol. The summed E-state index contributed by atoms with van der Waals surface area (Å²) in [4.78, 5) is 10.8. The molecule has 0 amide bonds. The van der Waals surface area contributed by atoms with Gasteiger partial charge in [-0.15, -0.1) is 0 Å². The van der Waals surface area contributed by atoms with E-state index in [9.17, 15) is 4.79 Å². The molecule has 1 aliphatic rings. The Morgan fingerprint density at radius 1 is 1.50 bits per heavy atom. The third kappa shape index (κ3) is 2.96. The number of ether oxygens (including phenoxy) is 1. The highest BCUT2D eigenvalue weighted by atomic mass is 35.5. The van der Waals surface area contributed by atoms with Crippen LogP contribution in [0.1, 0.15) is 31.4 Å². The predicted molar refractivity (Wildman–Crippen MR) is 70.4 cm³/mol. The molecule has 3 nitrogen and oxygen atoms in total. The van der Waals surface area contributed by atoms with Crippen LogP contribution in [0.5, 0.6) is 5.75 Å². The van der Waals surface area contributed by atoms with Crippen molar-refractivity contribution in [1.82, 2.24) is 0 Å². The zero-order valence-electron chi connectivity index (χ0n) is 10.6. The number of carboxylic acid groups (broad SMARTS) is 1. The molecule has 18 heavy (non-hydrogen) atoms. The number of benzene rings is 1. The van der Waals surface area contributed by atoms with Gasteiger partial charge in [0.1, 0.15) is 5.75 Å². The molecule has 0 unspecified atom stereocenters. The number of hydrogen-bond acceptors (Lipinski definition) is 2. The first-order valence-electron chi connectivity index (χ1n) is 6.03. The van der Waals surface area contributed by atoms with Gasteiger partial charge in [0.05, 0.1) is 13.0 Å². The highest BCUT2D eigenvalue weighted by Gasteiger charge is 2.26. The summed E-state index contributed by atoms with van der Waals surface area (Å²) in [5.74, 6) is 0.123. The molecule has 0 saturated heterocycles. The van der Waals surface area contributed by atoms with Crippen LogP contribution in [0.15, 0.2) is 12.1 Å². The summed E-state index contributed by atoms with van der Waals surface area (Å²) >= 11 is 6.09. The van der Waals surface area contributed by atoms with Gasteiger partial charge in [-0.25, -0.2) is 0 Å². The van der Waals surface area contributed by atoms with Gasteiger partial charge in [0.15, 0.2) is 0 Å². The molecule has 0 radical (unpaired) electrons. The Balaban J connectivity index is 2.26. The molecule has 1 aromatic carbocycles. The van der Waals surface area contributed by atoms with Gasteiger partial charge in [0.25, 0.3) is 0 Å². The van der Waals surface area contributed by atoms with E-state index in [4.69, 9.17) is 21.4 Å². The Bertz CT molecular complexity index is 480. The molecule has 0 aromatic heterocycles. The number of carboxylic acids is 1. The highest BCUT2D eigenvalue weighted by molar-refractivity contribution is 6.30. The van der Waals surface area contributed by atoms with Gasteiger partial charge in [-0.2, -0.15) is 0 Å². The lowest BCUT2D eigenvalue weighted by Crippen LogP contribution is -2.20. The Morgan fingerprint density at radius 2 is 2.22 bits per heavy atom. The second-order valence-electron chi connectivity index (χ2n) is 5.56. The normalized spacial score (nSPS) is 14.2. The highest BCUT2D eigenvalue weighted by Crippen LogP contribution is 2.37. The molecular formula is C14H17ClO3. The van der Waals surface area contributed by atoms with Crippen molar-refractivity contribution in [2.24, 2.45) is 5.41 Å². The van der Waals surface area contributed by atoms with E-state index in [1.54, 1.807) is 0 Å². The van der Waals surface area contributed by atoms with Gasteiger partial charge >= 0.3 is 5.97 Å². The number of halogens is 1. The van der Waals surface area contributed by atoms with Gasteiger partial charge in [-0.1, -0.05) is 25.4 Å². The topological polar surface area (TPSA) is 46.5 Å². The smallest absolute Gasteiger partial charge is 0.303 e. The summed E-state index contributed by atoms with van der Waals surface area (Å²) in [5, 5.41) is 9.61. The van der Waals surface area contributed by atoms with Gasteiger partial charge in [0.2, 0.25) is 0 Å². The van der Waals surface area contributed by atoms with E-state index >= 15 is 0 Å². The maximum atomic E-state index is 10.8. The van der Waals surface area contributed by atoms with Crippen LogP contribution >= 0.6 is 11.6 Å². The summed E-state index contributed by atoms with van der Waals surface area (Å²) in [5.41, 5.74) is 1.83. The largest absolute Gasteiger partial charge is 0.493 e. The van der Waals surface area contributed by atoms with Crippen LogP contribution in [0, 0.1) is 5.41 Å². The summed E-state index contributed by atoms with van der Waals surface area (Å²) in [6.07, 6.45) is 1.67. The molecule has 0 aliphatic carbocycles. The zero-order chi connectivity index (χ0) is 13.3. The fourth-order valence-corrected chi connectivity index (χ4v) is 2.73. The van der Waals surface area contributed by atoms with Crippen molar-refractivity contribution < 1.29 is 14.6 Å². The lowest BCUT2D eigenvalue weighted by molar-refractivity contribution is -0.139. The maximum absolute atomic E-state index is 10.8. The van der Waals surface area contributed by atoms with Crippen LogP contribution in [-0.4, -0.2) is 17.7 Å². The van der Waals surface area contributed by atoms with Gasteiger partial charge < -0.3 is 9.84 Å². The van der Waals surface area contributed by atoms with Crippen molar-refractivity contribution in [2.45, 2.75) is 33.1 Å². The Labute approximate surface area is 112 Å². The summed E-state index contributed by atoms with van der Waals surface area (Å²) in [7, 11) is 0. The van der Waals surface area contributed by atoms with E-state index < -0.39 is 5.97 Å². The molecule has 4 heteroatoms. The van der Waals surface area contributed by atoms with E-state index in [0.29, 0.717) is 18.1 Å². The molecule has 1 heterocycles. The first-order chi connectivity index (χ1) is 8.37. The minimum absolute atomic E-state index is 0.133. The van der Waals surface area contributed by atoms with Crippen LogP contribution in [0.25, 0.3) is 0 Å². The van der Waals surface area contributed by atoms with Crippen LogP contribution < -0.4 is 4.74 Å². The fraction of sp³-hybridized carbons (Fsp3) is 0.500. The number of carbonyl (C=O) groups is 1. The number of hydrogen-bond donors (Lipinski definition) is 1. The van der Waals surface area contributed by atoms with Gasteiger partial charge in [-0.05, 0) is 35.1 Å². The molecule has 2 rings (SSSR count). The van der Waals surface area contributed by atoms with E-state index in [-0.39, 0.29) is 11.8 Å². The molecule has 0 bridgehead atoms. The molecular weight excluding hydrogens is 252 g/mol. The SMILES string of the molecule is CC(C)(CC(=O)O)Cc1cc(Cl)cc2c1OCC2. The molecule has 1 aromatic rings. The minimum Gasteiger partial charge on any atom is -0.493 e. The van der Waals surface area contributed by atoms with Crippen molar-refractivity contribution >= 4 is 17.6 Å². The summed E-state index contributed by atoms with van der Waals surface area (Å²) in [6, 6.07) is 3.81.